The van der Waals surface area contributed by atoms with Gasteiger partial charge in [0.05, 0.1) is 6.54 Å². The van der Waals surface area contributed by atoms with Gasteiger partial charge in [0.2, 0.25) is 0 Å². The summed E-state index contributed by atoms with van der Waals surface area (Å²) in [5, 5.41) is 12.0. The molecule has 0 spiro atoms. The Bertz CT molecular complexity index is 603. The number of aliphatic carboxylic acids is 1. The molecule has 1 aliphatic carbocycles. The summed E-state index contributed by atoms with van der Waals surface area (Å²) in [6, 6.07) is 6.33. The second-order valence-corrected chi connectivity index (χ2v) is 6.78. The van der Waals surface area contributed by atoms with Crippen molar-refractivity contribution < 1.29 is 19.1 Å². The van der Waals surface area contributed by atoms with E-state index in [1.54, 1.807) is 17.0 Å². The molecule has 7 heteroatoms. The van der Waals surface area contributed by atoms with Crippen LogP contribution < -0.4 is 5.32 Å². The van der Waals surface area contributed by atoms with Gasteiger partial charge >= 0.3 is 12.0 Å². The number of nitrogens with one attached hydrogen (secondary N) is 1. The Kier molecular flexibility index (Phi) is 7.38. The summed E-state index contributed by atoms with van der Waals surface area (Å²) in [5.41, 5.74) is 0.889. The topological polar surface area (TPSA) is 72.9 Å². The van der Waals surface area contributed by atoms with E-state index in [1.165, 1.54) is 12.1 Å². The van der Waals surface area contributed by atoms with Crippen LogP contribution in [0.2, 0.25) is 0 Å². The molecule has 0 heterocycles. The van der Waals surface area contributed by atoms with Gasteiger partial charge in [-0.25, -0.2) is 9.18 Å². The average molecular weight is 365 g/mol. The van der Waals surface area contributed by atoms with Crippen LogP contribution in [0.5, 0.6) is 0 Å². The molecule has 0 saturated heterocycles. The first-order valence-electron chi connectivity index (χ1n) is 9.18. The van der Waals surface area contributed by atoms with Gasteiger partial charge in [0.1, 0.15) is 5.82 Å². The number of halogens is 1. The zero-order valence-electron chi connectivity index (χ0n) is 15.4. The fourth-order valence-electron chi connectivity index (χ4n) is 3.28. The summed E-state index contributed by atoms with van der Waals surface area (Å²) in [7, 11) is 0. The minimum Gasteiger partial charge on any atom is -0.480 e. The Morgan fingerprint density at radius 1 is 1.23 bits per heavy atom. The Hall–Kier alpha value is -2.15. The number of likely N-dealkylation sites (N-methyl/N-ethyl adjacent to an activating group) is 1. The quantitative estimate of drug-likeness (QED) is 0.706. The molecular weight excluding hydrogens is 337 g/mol. The first-order valence-corrected chi connectivity index (χ1v) is 9.18. The summed E-state index contributed by atoms with van der Waals surface area (Å²) in [5.74, 6) is -1.12. The summed E-state index contributed by atoms with van der Waals surface area (Å²) < 4.78 is 13.0. The lowest BCUT2D eigenvalue weighted by Gasteiger charge is -2.42. The van der Waals surface area contributed by atoms with Crippen LogP contribution in [-0.2, 0) is 11.3 Å². The van der Waals surface area contributed by atoms with Crippen LogP contribution in [0, 0.1) is 5.82 Å². The lowest BCUT2D eigenvalue weighted by molar-refractivity contribution is -0.139. The number of hydrogen-bond donors (Lipinski definition) is 2. The van der Waals surface area contributed by atoms with Crippen molar-refractivity contribution in [3.05, 3.63) is 35.6 Å². The van der Waals surface area contributed by atoms with Gasteiger partial charge in [0.15, 0.2) is 0 Å². The summed E-state index contributed by atoms with van der Waals surface area (Å²) >= 11 is 0. The van der Waals surface area contributed by atoms with Crippen molar-refractivity contribution in [1.29, 1.82) is 0 Å². The van der Waals surface area contributed by atoms with E-state index in [1.807, 2.05) is 18.7 Å². The number of rotatable bonds is 9. The van der Waals surface area contributed by atoms with Gasteiger partial charge in [-0.2, -0.15) is 0 Å². The predicted octanol–water partition coefficient (Wildman–Crippen LogP) is 2.68. The predicted molar refractivity (Wildman–Crippen MR) is 97.3 cm³/mol. The molecule has 0 radical (unpaired) electrons. The van der Waals surface area contributed by atoms with E-state index in [-0.39, 0.29) is 30.5 Å². The molecule has 2 amide bonds. The average Bonchev–Trinajstić information content (AvgIpc) is 2.57. The first kappa shape index (κ1) is 20.2. The molecule has 1 aromatic rings. The second-order valence-electron chi connectivity index (χ2n) is 6.78. The van der Waals surface area contributed by atoms with Gasteiger partial charge in [-0.15, -0.1) is 0 Å². The molecule has 1 saturated carbocycles. The number of carbonyl (C=O) groups is 2. The number of benzene rings is 1. The minimum atomic E-state index is -0.826. The Balaban J connectivity index is 1.84. The number of carboxylic acids is 1. The standard InChI is InChI=1S/C19H28FN3O3/c1-3-9-23(12-14-5-7-15(20)8-6-14)19(26)21-16-10-17(11-16)22(4-2)13-18(24)25/h5-8,16-17H,3-4,9-13H2,1-2H3,(H,21,26)(H,24,25). The van der Waals surface area contributed by atoms with Crippen molar-refractivity contribution >= 4 is 12.0 Å². The van der Waals surface area contributed by atoms with Gasteiger partial charge in [0, 0.05) is 25.2 Å². The highest BCUT2D eigenvalue weighted by Gasteiger charge is 2.35. The minimum absolute atomic E-state index is 0.0361. The number of amides is 2. The van der Waals surface area contributed by atoms with Crippen LogP contribution in [0.3, 0.4) is 0 Å². The number of nitrogens with zero attached hydrogens (tertiary/aromatic N) is 2. The molecule has 2 N–H and O–H groups in total. The zero-order valence-corrected chi connectivity index (χ0v) is 15.4. The maximum atomic E-state index is 13.0. The Morgan fingerprint density at radius 2 is 1.88 bits per heavy atom. The van der Waals surface area contributed by atoms with Crippen molar-refractivity contribution in [2.24, 2.45) is 0 Å². The van der Waals surface area contributed by atoms with Gasteiger partial charge in [0.25, 0.3) is 0 Å². The summed E-state index contributed by atoms with van der Waals surface area (Å²) in [6.07, 6.45) is 2.37. The van der Waals surface area contributed by atoms with E-state index in [9.17, 15) is 14.0 Å². The van der Waals surface area contributed by atoms with Crippen molar-refractivity contribution in [3.8, 4) is 0 Å². The molecule has 0 unspecified atom stereocenters. The third-order valence-electron chi connectivity index (χ3n) is 4.77. The van der Waals surface area contributed by atoms with Crippen molar-refractivity contribution in [2.45, 2.75) is 51.7 Å². The molecule has 0 aromatic heterocycles. The Labute approximate surface area is 154 Å². The van der Waals surface area contributed by atoms with Crippen LogP contribution >= 0.6 is 0 Å². The summed E-state index contributed by atoms with van der Waals surface area (Å²) in [4.78, 5) is 27.1. The molecule has 1 fully saturated rings. The maximum Gasteiger partial charge on any atom is 0.317 e. The van der Waals surface area contributed by atoms with Crippen LogP contribution in [0.4, 0.5) is 9.18 Å². The molecular formula is C19H28FN3O3. The van der Waals surface area contributed by atoms with Crippen LogP contribution in [-0.4, -0.2) is 58.6 Å². The third-order valence-corrected chi connectivity index (χ3v) is 4.77. The van der Waals surface area contributed by atoms with Crippen LogP contribution in [0.25, 0.3) is 0 Å². The number of carbonyl (C=O) groups excluding carboxylic acids is 1. The van der Waals surface area contributed by atoms with Gasteiger partial charge in [-0.05, 0) is 43.5 Å². The number of carboxylic acid groups (broad SMARTS) is 1. The maximum absolute atomic E-state index is 13.0. The molecule has 1 aliphatic rings. The van der Waals surface area contributed by atoms with E-state index in [2.05, 4.69) is 5.32 Å². The highest BCUT2D eigenvalue weighted by atomic mass is 19.1. The van der Waals surface area contributed by atoms with Gasteiger partial charge < -0.3 is 15.3 Å². The SMILES string of the molecule is CCCN(Cc1ccc(F)cc1)C(=O)NC1CC(N(CC)CC(=O)O)C1. The van der Waals surface area contributed by atoms with E-state index in [4.69, 9.17) is 5.11 Å². The number of urea groups is 1. The van der Waals surface area contributed by atoms with E-state index in [0.29, 0.717) is 19.6 Å². The second kappa shape index (κ2) is 9.52. The van der Waals surface area contributed by atoms with Crippen LogP contribution in [0.1, 0.15) is 38.7 Å². The van der Waals surface area contributed by atoms with E-state index in [0.717, 1.165) is 24.8 Å². The van der Waals surface area contributed by atoms with Crippen molar-refractivity contribution in [3.63, 3.8) is 0 Å². The molecule has 144 valence electrons. The Morgan fingerprint density at radius 3 is 2.42 bits per heavy atom. The van der Waals surface area contributed by atoms with E-state index < -0.39 is 5.97 Å². The van der Waals surface area contributed by atoms with E-state index >= 15 is 0 Å². The molecule has 0 bridgehead atoms. The molecule has 6 nitrogen and oxygen atoms in total. The van der Waals surface area contributed by atoms with Crippen LogP contribution in [0.15, 0.2) is 24.3 Å². The smallest absolute Gasteiger partial charge is 0.317 e. The molecule has 1 aromatic carbocycles. The molecule has 0 aliphatic heterocycles. The fourth-order valence-corrected chi connectivity index (χ4v) is 3.28. The van der Waals surface area contributed by atoms with Gasteiger partial charge in [-0.1, -0.05) is 26.0 Å². The highest BCUT2D eigenvalue weighted by Crippen LogP contribution is 2.25. The normalized spacial score (nSPS) is 19.1. The largest absolute Gasteiger partial charge is 0.480 e. The summed E-state index contributed by atoms with van der Waals surface area (Å²) in [6.45, 7) is 5.74. The molecule has 26 heavy (non-hydrogen) atoms. The molecule has 0 atom stereocenters. The fraction of sp³-hybridized carbons (Fsp3) is 0.579. The first-order chi connectivity index (χ1) is 12.4. The van der Waals surface area contributed by atoms with Gasteiger partial charge in [-0.3, -0.25) is 9.69 Å². The van der Waals surface area contributed by atoms with Crippen molar-refractivity contribution in [1.82, 2.24) is 15.1 Å². The monoisotopic (exact) mass is 365 g/mol. The molecule has 2 rings (SSSR count). The number of hydrogen-bond acceptors (Lipinski definition) is 3. The zero-order chi connectivity index (χ0) is 19.1. The third kappa shape index (κ3) is 5.69. The van der Waals surface area contributed by atoms with Crippen molar-refractivity contribution in [2.75, 3.05) is 19.6 Å². The lowest BCUT2D eigenvalue weighted by Crippen LogP contribution is -2.56. The lowest BCUT2D eigenvalue weighted by atomic mass is 9.85. The highest BCUT2D eigenvalue weighted by molar-refractivity contribution is 5.74.